The summed E-state index contributed by atoms with van der Waals surface area (Å²) < 4.78 is 11.3. The average Bonchev–Trinajstić information content (AvgIpc) is 2.73. The predicted molar refractivity (Wildman–Crippen MR) is 115 cm³/mol. The number of ether oxygens (including phenoxy) is 2. The molecule has 0 unspecified atom stereocenters. The Labute approximate surface area is 170 Å². The van der Waals surface area contributed by atoms with E-state index in [1.165, 1.54) is 51.4 Å². The molecule has 0 aliphatic carbocycles. The van der Waals surface area contributed by atoms with Crippen molar-refractivity contribution >= 4 is 5.97 Å². The summed E-state index contributed by atoms with van der Waals surface area (Å²) in [6, 6.07) is 16.7. The van der Waals surface area contributed by atoms with E-state index in [9.17, 15) is 4.79 Å². The summed E-state index contributed by atoms with van der Waals surface area (Å²) >= 11 is 0. The van der Waals surface area contributed by atoms with E-state index in [2.05, 4.69) is 6.92 Å². The molecular formula is C25H34O3. The lowest BCUT2D eigenvalue weighted by Crippen LogP contribution is -2.08. The molecule has 0 N–H and O–H groups in total. The molecule has 0 spiro atoms. The number of para-hydroxylation sites is 2. The van der Waals surface area contributed by atoms with Crippen LogP contribution in [0.5, 0.6) is 11.5 Å². The van der Waals surface area contributed by atoms with Crippen LogP contribution in [0.2, 0.25) is 0 Å². The summed E-state index contributed by atoms with van der Waals surface area (Å²) in [5.41, 5.74) is 0.471. The Hall–Kier alpha value is -2.29. The van der Waals surface area contributed by atoms with Gasteiger partial charge in [-0.2, -0.15) is 0 Å². The number of hydrogen-bond acceptors (Lipinski definition) is 3. The molecule has 0 heterocycles. The zero-order valence-electron chi connectivity index (χ0n) is 17.2. The van der Waals surface area contributed by atoms with Crippen molar-refractivity contribution < 1.29 is 14.3 Å². The molecule has 2 aromatic rings. The summed E-state index contributed by atoms with van der Waals surface area (Å²) in [6.07, 6.45) is 12.6. The minimum absolute atomic E-state index is 0.317. The Balaban J connectivity index is 1.63. The summed E-state index contributed by atoms with van der Waals surface area (Å²) in [5, 5.41) is 0. The van der Waals surface area contributed by atoms with Gasteiger partial charge < -0.3 is 9.47 Å². The monoisotopic (exact) mass is 382 g/mol. The van der Waals surface area contributed by atoms with Crippen molar-refractivity contribution in [1.29, 1.82) is 0 Å². The van der Waals surface area contributed by atoms with Crippen LogP contribution in [0.15, 0.2) is 54.6 Å². The van der Waals surface area contributed by atoms with E-state index in [4.69, 9.17) is 9.47 Å². The van der Waals surface area contributed by atoms with E-state index >= 15 is 0 Å². The second-order valence-electron chi connectivity index (χ2n) is 7.23. The zero-order valence-corrected chi connectivity index (χ0v) is 17.2. The smallest absolute Gasteiger partial charge is 0.341 e. The molecule has 2 aromatic carbocycles. The molecule has 0 saturated heterocycles. The Morgan fingerprint density at radius 1 is 0.714 bits per heavy atom. The number of rotatable bonds is 14. The first-order valence-corrected chi connectivity index (χ1v) is 10.8. The first kappa shape index (κ1) is 22.0. The van der Waals surface area contributed by atoms with Gasteiger partial charge in [-0.25, -0.2) is 4.79 Å². The number of carbonyl (C=O) groups is 1. The Morgan fingerprint density at radius 2 is 1.29 bits per heavy atom. The highest BCUT2D eigenvalue weighted by Gasteiger charge is 2.14. The number of esters is 1. The third kappa shape index (κ3) is 8.60. The van der Waals surface area contributed by atoms with E-state index in [1.54, 1.807) is 12.1 Å². The number of benzene rings is 2. The highest BCUT2D eigenvalue weighted by molar-refractivity contribution is 5.92. The van der Waals surface area contributed by atoms with Crippen LogP contribution in [0.25, 0.3) is 0 Å². The maximum atomic E-state index is 12.4. The maximum Gasteiger partial charge on any atom is 0.341 e. The highest BCUT2D eigenvalue weighted by Crippen LogP contribution is 2.25. The molecule has 0 amide bonds. The third-order valence-corrected chi connectivity index (χ3v) is 4.81. The predicted octanol–water partition coefficient (Wildman–Crippen LogP) is 7.56. The van der Waals surface area contributed by atoms with Crippen LogP contribution in [0.3, 0.4) is 0 Å². The van der Waals surface area contributed by atoms with Crippen LogP contribution in [0.1, 0.15) is 81.5 Å². The van der Waals surface area contributed by atoms with E-state index in [0.29, 0.717) is 23.7 Å². The van der Waals surface area contributed by atoms with E-state index < -0.39 is 0 Å². The SMILES string of the molecule is CCCCCCCCCCCCOC(=O)c1ccccc1Oc1ccccc1. The molecule has 152 valence electrons. The summed E-state index contributed by atoms with van der Waals surface area (Å²) in [7, 11) is 0. The largest absolute Gasteiger partial charge is 0.462 e. The highest BCUT2D eigenvalue weighted by atomic mass is 16.5. The fourth-order valence-corrected chi connectivity index (χ4v) is 3.17. The van der Waals surface area contributed by atoms with Crippen molar-refractivity contribution in [2.24, 2.45) is 0 Å². The van der Waals surface area contributed by atoms with Gasteiger partial charge >= 0.3 is 5.97 Å². The lowest BCUT2D eigenvalue weighted by molar-refractivity contribution is 0.0495. The van der Waals surface area contributed by atoms with Gasteiger partial charge in [0.15, 0.2) is 0 Å². The van der Waals surface area contributed by atoms with E-state index in [-0.39, 0.29) is 5.97 Å². The molecule has 0 atom stereocenters. The average molecular weight is 383 g/mol. The molecule has 0 aliphatic heterocycles. The van der Waals surface area contributed by atoms with Gasteiger partial charge in [0.1, 0.15) is 17.1 Å². The summed E-state index contributed by atoms with van der Waals surface area (Å²) in [6.45, 7) is 2.72. The Bertz CT molecular complexity index is 667. The van der Waals surface area contributed by atoms with Gasteiger partial charge in [-0.1, -0.05) is 95.0 Å². The molecule has 0 aliphatic rings. The van der Waals surface area contributed by atoms with Crippen LogP contribution < -0.4 is 4.74 Å². The standard InChI is InChI=1S/C25H34O3/c1-2-3-4-5-6-7-8-9-10-16-21-27-25(26)23-19-14-15-20-24(23)28-22-17-12-11-13-18-22/h11-15,17-20H,2-10,16,21H2,1H3. The second-order valence-corrected chi connectivity index (χ2v) is 7.23. The quantitative estimate of drug-likeness (QED) is 0.250. The molecule has 0 aromatic heterocycles. The van der Waals surface area contributed by atoms with Crippen molar-refractivity contribution in [2.45, 2.75) is 71.1 Å². The summed E-state index contributed by atoms with van der Waals surface area (Å²) in [5.74, 6) is 0.918. The Kier molecular flexibility index (Phi) is 10.9. The van der Waals surface area contributed by atoms with Crippen LogP contribution in [0.4, 0.5) is 0 Å². The number of unbranched alkanes of at least 4 members (excludes halogenated alkanes) is 9. The van der Waals surface area contributed by atoms with Gasteiger partial charge in [-0.3, -0.25) is 0 Å². The van der Waals surface area contributed by atoms with Crippen molar-refractivity contribution in [1.82, 2.24) is 0 Å². The van der Waals surface area contributed by atoms with Crippen LogP contribution in [-0.4, -0.2) is 12.6 Å². The van der Waals surface area contributed by atoms with Gasteiger partial charge in [0.05, 0.1) is 6.61 Å². The van der Waals surface area contributed by atoms with Gasteiger partial charge in [0.2, 0.25) is 0 Å². The van der Waals surface area contributed by atoms with E-state index in [0.717, 1.165) is 12.8 Å². The van der Waals surface area contributed by atoms with Crippen LogP contribution in [-0.2, 0) is 4.74 Å². The molecule has 0 radical (unpaired) electrons. The first-order valence-electron chi connectivity index (χ1n) is 10.8. The van der Waals surface area contributed by atoms with Crippen LogP contribution in [0, 0.1) is 0 Å². The summed E-state index contributed by atoms with van der Waals surface area (Å²) in [4.78, 5) is 12.4. The first-order chi connectivity index (χ1) is 13.8. The normalized spacial score (nSPS) is 10.6. The minimum Gasteiger partial charge on any atom is -0.462 e. The molecule has 3 nitrogen and oxygen atoms in total. The second kappa shape index (κ2) is 13.8. The molecule has 3 heteroatoms. The third-order valence-electron chi connectivity index (χ3n) is 4.81. The molecule has 0 fully saturated rings. The molecule has 2 rings (SSSR count). The molecular weight excluding hydrogens is 348 g/mol. The van der Waals surface area contributed by atoms with Gasteiger partial charge in [-0.15, -0.1) is 0 Å². The topological polar surface area (TPSA) is 35.5 Å². The molecule has 0 saturated carbocycles. The van der Waals surface area contributed by atoms with Crippen LogP contribution >= 0.6 is 0 Å². The molecule has 28 heavy (non-hydrogen) atoms. The fourth-order valence-electron chi connectivity index (χ4n) is 3.17. The lowest BCUT2D eigenvalue weighted by Gasteiger charge is -2.11. The zero-order chi connectivity index (χ0) is 19.9. The van der Waals surface area contributed by atoms with E-state index in [1.807, 2.05) is 42.5 Å². The number of hydrogen-bond donors (Lipinski definition) is 0. The fraction of sp³-hybridized carbons (Fsp3) is 0.480. The van der Waals surface area contributed by atoms with Crippen molar-refractivity contribution in [3.8, 4) is 11.5 Å². The minimum atomic E-state index is -0.317. The number of carbonyl (C=O) groups excluding carboxylic acids is 1. The maximum absolute atomic E-state index is 12.4. The van der Waals surface area contributed by atoms with Crippen molar-refractivity contribution in [3.63, 3.8) is 0 Å². The van der Waals surface area contributed by atoms with Crippen molar-refractivity contribution in [3.05, 3.63) is 60.2 Å². The van der Waals surface area contributed by atoms with Crippen molar-refractivity contribution in [2.75, 3.05) is 6.61 Å². The van der Waals surface area contributed by atoms with Gasteiger partial charge in [0.25, 0.3) is 0 Å². The van der Waals surface area contributed by atoms with Gasteiger partial charge in [0, 0.05) is 0 Å². The lowest BCUT2D eigenvalue weighted by atomic mass is 10.1. The molecule has 0 bridgehead atoms. The Morgan fingerprint density at radius 3 is 1.96 bits per heavy atom. The van der Waals surface area contributed by atoms with Gasteiger partial charge in [-0.05, 0) is 30.7 Å².